The second kappa shape index (κ2) is 6.60. The van der Waals surface area contributed by atoms with Crippen LogP contribution in [0.15, 0.2) is 67.3 Å². The molecule has 1 aromatic carbocycles. The molecule has 0 saturated carbocycles. The minimum atomic E-state index is -0.243. The molecule has 0 aliphatic heterocycles. The largest absolute Gasteiger partial charge is 0.344 e. The van der Waals surface area contributed by atoms with Crippen LogP contribution in [0.1, 0.15) is 20.7 Å². The Balaban J connectivity index is 1.71. The van der Waals surface area contributed by atoms with E-state index in [1.54, 1.807) is 42.9 Å². The van der Waals surface area contributed by atoms with E-state index >= 15 is 0 Å². The van der Waals surface area contributed by atoms with E-state index in [0.29, 0.717) is 22.5 Å². The third-order valence-corrected chi connectivity index (χ3v) is 4.06. The van der Waals surface area contributed by atoms with E-state index in [0.717, 1.165) is 22.8 Å². The molecule has 4 aromatic rings. The SMILES string of the molecule is O=Cc1cccc(-c2cnc3[nH]cc(NC(=O)c4cccnc4)c3c2)c1. The van der Waals surface area contributed by atoms with Crippen LogP contribution < -0.4 is 5.32 Å². The highest BCUT2D eigenvalue weighted by Gasteiger charge is 2.11. The van der Waals surface area contributed by atoms with Gasteiger partial charge in [-0.05, 0) is 29.8 Å². The first-order valence-corrected chi connectivity index (χ1v) is 7.99. The second-order valence-electron chi connectivity index (χ2n) is 5.76. The van der Waals surface area contributed by atoms with E-state index in [1.807, 2.05) is 18.2 Å². The lowest BCUT2D eigenvalue weighted by molar-refractivity contribution is 0.102. The van der Waals surface area contributed by atoms with Gasteiger partial charge in [-0.3, -0.25) is 14.6 Å². The maximum atomic E-state index is 12.4. The molecule has 3 heterocycles. The van der Waals surface area contributed by atoms with Crippen LogP contribution in [0, 0.1) is 0 Å². The van der Waals surface area contributed by atoms with E-state index in [2.05, 4.69) is 20.3 Å². The molecular weight excluding hydrogens is 328 g/mol. The molecule has 6 heteroatoms. The van der Waals surface area contributed by atoms with Crippen molar-refractivity contribution in [2.45, 2.75) is 0 Å². The Morgan fingerprint density at radius 2 is 2.00 bits per heavy atom. The van der Waals surface area contributed by atoms with Crippen LogP contribution in [-0.2, 0) is 0 Å². The van der Waals surface area contributed by atoms with Crippen molar-refractivity contribution in [3.8, 4) is 11.1 Å². The molecular formula is C20H14N4O2. The Morgan fingerprint density at radius 3 is 2.81 bits per heavy atom. The topological polar surface area (TPSA) is 87.7 Å². The summed E-state index contributed by atoms with van der Waals surface area (Å²) in [6.07, 6.45) is 7.38. The third-order valence-electron chi connectivity index (χ3n) is 4.06. The summed E-state index contributed by atoms with van der Waals surface area (Å²) < 4.78 is 0. The van der Waals surface area contributed by atoms with Gasteiger partial charge in [0.2, 0.25) is 0 Å². The number of hydrogen-bond acceptors (Lipinski definition) is 4. The van der Waals surface area contributed by atoms with Gasteiger partial charge in [-0.2, -0.15) is 0 Å². The molecule has 4 rings (SSSR count). The molecule has 0 fully saturated rings. The summed E-state index contributed by atoms with van der Waals surface area (Å²) in [5.74, 6) is -0.243. The lowest BCUT2D eigenvalue weighted by Gasteiger charge is -2.05. The Hall–Kier alpha value is -3.80. The molecule has 0 unspecified atom stereocenters. The van der Waals surface area contributed by atoms with Crippen molar-refractivity contribution in [2.75, 3.05) is 5.32 Å². The van der Waals surface area contributed by atoms with Crippen LogP contribution >= 0.6 is 0 Å². The highest BCUT2D eigenvalue weighted by atomic mass is 16.1. The fraction of sp³-hybridized carbons (Fsp3) is 0. The number of carbonyl (C=O) groups excluding carboxylic acids is 2. The lowest BCUT2D eigenvalue weighted by atomic mass is 10.0. The summed E-state index contributed by atoms with van der Waals surface area (Å²) >= 11 is 0. The Morgan fingerprint density at radius 1 is 1.08 bits per heavy atom. The van der Waals surface area contributed by atoms with Gasteiger partial charge in [-0.1, -0.05) is 18.2 Å². The number of fused-ring (bicyclic) bond motifs is 1. The molecule has 0 bridgehead atoms. The number of aromatic nitrogens is 3. The average Bonchev–Trinajstić information content (AvgIpc) is 3.10. The monoisotopic (exact) mass is 342 g/mol. The van der Waals surface area contributed by atoms with Crippen molar-refractivity contribution in [1.82, 2.24) is 15.0 Å². The van der Waals surface area contributed by atoms with Crippen molar-refractivity contribution in [2.24, 2.45) is 0 Å². The summed E-state index contributed by atoms with van der Waals surface area (Å²) in [6.45, 7) is 0. The molecule has 6 nitrogen and oxygen atoms in total. The van der Waals surface area contributed by atoms with Gasteiger partial charge in [0, 0.05) is 41.3 Å². The minimum Gasteiger partial charge on any atom is -0.344 e. The van der Waals surface area contributed by atoms with E-state index in [9.17, 15) is 9.59 Å². The van der Waals surface area contributed by atoms with Crippen molar-refractivity contribution in [1.29, 1.82) is 0 Å². The molecule has 126 valence electrons. The quantitative estimate of drug-likeness (QED) is 0.554. The van der Waals surface area contributed by atoms with Gasteiger partial charge in [0.25, 0.3) is 5.91 Å². The number of aromatic amines is 1. The molecule has 0 saturated heterocycles. The maximum absolute atomic E-state index is 12.4. The van der Waals surface area contributed by atoms with Gasteiger partial charge in [-0.25, -0.2) is 4.98 Å². The average molecular weight is 342 g/mol. The predicted octanol–water partition coefficient (Wildman–Crippen LogP) is 3.69. The van der Waals surface area contributed by atoms with Gasteiger partial charge in [0.1, 0.15) is 11.9 Å². The number of hydrogen-bond donors (Lipinski definition) is 2. The predicted molar refractivity (Wildman–Crippen MR) is 99.1 cm³/mol. The smallest absolute Gasteiger partial charge is 0.257 e. The lowest BCUT2D eigenvalue weighted by Crippen LogP contribution is -2.11. The fourth-order valence-corrected chi connectivity index (χ4v) is 2.75. The molecule has 0 aliphatic carbocycles. The van der Waals surface area contributed by atoms with Crippen LogP contribution in [-0.4, -0.2) is 27.1 Å². The maximum Gasteiger partial charge on any atom is 0.257 e. The summed E-state index contributed by atoms with van der Waals surface area (Å²) in [7, 11) is 0. The third kappa shape index (κ3) is 2.95. The first-order valence-electron chi connectivity index (χ1n) is 7.99. The molecule has 0 aliphatic rings. The number of carbonyl (C=O) groups is 2. The molecule has 0 atom stereocenters. The van der Waals surface area contributed by atoms with Gasteiger partial charge >= 0.3 is 0 Å². The number of pyridine rings is 2. The van der Waals surface area contributed by atoms with Gasteiger partial charge < -0.3 is 10.3 Å². The summed E-state index contributed by atoms with van der Waals surface area (Å²) in [5.41, 5.74) is 4.12. The number of rotatable bonds is 4. The van der Waals surface area contributed by atoms with Crippen molar-refractivity contribution >= 4 is 28.9 Å². The summed E-state index contributed by atoms with van der Waals surface area (Å²) in [4.78, 5) is 34.8. The van der Waals surface area contributed by atoms with Crippen LogP contribution in [0.5, 0.6) is 0 Å². The zero-order chi connectivity index (χ0) is 17.9. The summed E-state index contributed by atoms with van der Waals surface area (Å²) in [5, 5.41) is 3.66. The first-order chi connectivity index (χ1) is 12.7. The van der Waals surface area contributed by atoms with E-state index < -0.39 is 0 Å². The normalized spacial score (nSPS) is 10.6. The molecule has 3 aromatic heterocycles. The molecule has 1 amide bonds. The molecule has 0 spiro atoms. The summed E-state index contributed by atoms with van der Waals surface area (Å²) in [6, 6.07) is 12.6. The number of anilines is 1. The van der Waals surface area contributed by atoms with Gasteiger partial charge in [0.05, 0.1) is 11.3 Å². The number of aldehydes is 1. The van der Waals surface area contributed by atoms with Crippen LogP contribution in [0.4, 0.5) is 5.69 Å². The standard InChI is InChI=1S/C20H14N4O2/c25-12-13-3-1-4-14(7-13)16-8-17-18(11-23-19(17)22-10-16)24-20(26)15-5-2-6-21-9-15/h1-12H,(H,22,23)(H,24,26). The second-order valence-corrected chi connectivity index (χ2v) is 5.76. The first kappa shape index (κ1) is 15.7. The highest BCUT2D eigenvalue weighted by Crippen LogP contribution is 2.28. The van der Waals surface area contributed by atoms with Crippen LogP contribution in [0.2, 0.25) is 0 Å². The van der Waals surface area contributed by atoms with Crippen molar-refractivity contribution in [3.05, 3.63) is 78.4 Å². The number of nitrogens with zero attached hydrogens (tertiary/aromatic N) is 2. The molecule has 0 radical (unpaired) electrons. The minimum absolute atomic E-state index is 0.243. The van der Waals surface area contributed by atoms with Crippen LogP contribution in [0.25, 0.3) is 22.2 Å². The zero-order valence-electron chi connectivity index (χ0n) is 13.6. The van der Waals surface area contributed by atoms with E-state index in [4.69, 9.17) is 0 Å². The Labute approximate surface area is 148 Å². The number of H-pyrrole nitrogens is 1. The number of amides is 1. The number of nitrogens with one attached hydrogen (secondary N) is 2. The molecule has 26 heavy (non-hydrogen) atoms. The van der Waals surface area contributed by atoms with Crippen LogP contribution in [0.3, 0.4) is 0 Å². The zero-order valence-corrected chi connectivity index (χ0v) is 13.6. The Bertz CT molecular complexity index is 1100. The Kier molecular flexibility index (Phi) is 3.99. The van der Waals surface area contributed by atoms with E-state index in [1.165, 1.54) is 6.20 Å². The number of benzene rings is 1. The van der Waals surface area contributed by atoms with Crippen molar-refractivity contribution in [3.63, 3.8) is 0 Å². The molecule has 2 N–H and O–H groups in total. The fourth-order valence-electron chi connectivity index (χ4n) is 2.75. The van der Waals surface area contributed by atoms with E-state index in [-0.39, 0.29) is 5.91 Å². The highest BCUT2D eigenvalue weighted by molar-refractivity contribution is 6.08. The van der Waals surface area contributed by atoms with Gasteiger partial charge in [-0.15, -0.1) is 0 Å². The van der Waals surface area contributed by atoms with Crippen molar-refractivity contribution < 1.29 is 9.59 Å². The van der Waals surface area contributed by atoms with Gasteiger partial charge in [0.15, 0.2) is 0 Å².